The average Bonchev–Trinajstić information content (AvgIpc) is 3.00. The summed E-state index contributed by atoms with van der Waals surface area (Å²) in [7, 11) is 0. The molecular weight excluding hydrogens is 281 g/mol. The molecule has 2 N–H and O–H groups in total. The molecule has 1 amide bonds. The Morgan fingerprint density at radius 3 is 2.76 bits per heavy atom. The highest BCUT2D eigenvalue weighted by Crippen LogP contribution is 2.49. The molecule has 3 rings (SSSR count). The second-order valence-electron chi connectivity index (χ2n) is 5.75. The van der Waals surface area contributed by atoms with Gasteiger partial charge in [0, 0.05) is 6.54 Å². The number of halogens is 3. The molecule has 1 saturated heterocycles. The van der Waals surface area contributed by atoms with E-state index in [9.17, 15) is 18.0 Å². The highest BCUT2D eigenvalue weighted by Gasteiger charge is 2.62. The molecule has 0 unspecified atom stereocenters. The maximum Gasteiger partial charge on any atom is 0.416 e. The number of benzene rings is 1. The fourth-order valence-electron chi connectivity index (χ4n) is 3.21. The Kier molecular flexibility index (Phi) is 3.43. The van der Waals surface area contributed by atoms with Crippen molar-refractivity contribution in [2.75, 3.05) is 13.1 Å². The minimum atomic E-state index is -4.35. The number of carbonyl (C=O) groups excluding carboxylic acids is 1. The molecule has 2 aliphatic rings. The van der Waals surface area contributed by atoms with Gasteiger partial charge in [0.05, 0.1) is 5.56 Å². The lowest BCUT2D eigenvalue weighted by Crippen LogP contribution is -2.45. The monoisotopic (exact) mass is 298 g/mol. The molecule has 0 radical (unpaired) electrons. The van der Waals surface area contributed by atoms with Crippen LogP contribution in [0.1, 0.15) is 24.0 Å². The van der Waals surface area contributed by atoms with Crippen LogP contribution in [0, 0.1) is 5.92 Å². The van der Waals surface area contributed by atoms with Crippen LogP contribution in [0.4, 0.5) is 13.2 Å². The van der Waals surface area contributed by atoms with Gasteiger partial charge in [-0.3, -0.25) is 4.79 Å². The predicted molar refractivity (Wildman–Crippen MR) is 71.6 cm³/mol. The van der Waals surface area contributed by atoms with Crippen LogP contribution in [0.2, 0.25) is 0 Å². The number of nitrogens with one attached hydrogen (secondary N) is 2. The smallest absolute Gasteiger partial charge is 0.354 e. The van der Waals surface area contributed by atoms with Gasteiger partial charge in [-0.15, -0.1) is 0 Å². The van der Waals surface area contributed by atoms with E-state index >= 15 is 0 Å². The Morgan fingerprint density at radius 2 is 2.14 bits per heavy atom. The number of amides is 1. The minimum Gasteiger partial charge on any atom is -0.354 e. The summed E-state index contributed by atoms with van der Waals surface area (Å²) < 4.78 is 38.6. The second-order valence-corrected chi connectivity index (χ2v) is 5.75. The van der Waals surface area contributed by atoms with Crippen LogP contribution in [-0.4, -0.2) is 24.5 Å². The Hall–Kier alpha value is -1.56. The third kappa shape index (κ3) is 2.64. The lowest BCUT2D eigenvalue weighted by atomic mass is 10.0. The molecule has 2 atom stereocenters. The predicted octanol–water partition coefficient (Wildman–Crippen LogP) is 2.12. The van der Waals surface area contributed by atoms with Gasteiger partial charge in [0.25, 0.3) is 0 Å². The molecular formula is C15H17F3N2O. The zero-order chi connectivity index (χ0) is 15.1. The van der Waals surface area contributed by atoms with Crippen LogP contribution in [0.3, 0.4) is 0 Å². The van der Waals surface area contributed by atoms with Crippen molar-refractivity contribution in [2.24, 2.45) is 5.92 Å². The highest BCUT2D eigenvalue weighted by molar-refractivity contribution is 5.90. The third-order valence-electron chi connectivity index (χ3n) is 4.45. The Morgan fingerprint density at radius 1 is 1.38 bits per heavy atom. The van der Waals surface area contributed by atoms with Crippen molar-refractivity contribution >= 4 is 5.91 Å². The summed E-state index contributed by atoms with van der Waals surface area (Å²) in [5.41, 5.74) is -0.834. The standard InChI is InChI=1S/C15H17F3N2O/c16-15(17,18)12-4-2-1-3-10(12)5-7-19-13(21)14-9-11(14)6-8-20-14/h1-4,11,20H,5-9H2,(H,19,21)/t11-,14+/m1/s1. The van der Waals surface area contributed by atoms with Crippen molar-refractivity contribution in [1.29, 1.82) is 0 Å². The molecule has 1 heterocycles. The number of piperidine rings is 1. The van der Waals surface area contributed by atoms with Crippen LogP contribution >= 0.6 is 0 Å². The summed E-state index contributed by atoms with van der Waals surface area (Å²) in [4.78, 5) is 12.1. The lowest BCUT2D eigenvalue weighted by Gasteiger charge is -2.15. The van der Waals surface area contributed by atoms with E-state index in [1.54, 1.807) is 6.07 Å². The normalized spacial score (nSPS) is 27.3. The average molecular weight is 298 g/mol. The summed E-state index contributed by atoms with van der Waals surface area (Å²) >= 11 is 0. The van der Waals surface area contributed by atoms with Crippen molar-refractivity contribution in [1.82, 2.24) is 10.6 Å². The Labute approximate surface area is 120 Å². The van der Waals surface area contributed by atoms with Gasteiger partial charge in [0.2, 0.25) is 5.91 Å². The molecule has 3 nitrogen and oxygen atoms in total. The second kappa shape index (κ2) is 5.02. The van der Waals surface area contributed by atoms with E-state index in [2.05, 4.69) is 10.6 Å². The lowest BCUT2D eigenvalue weighted by molar-refractivity contribution is -0.138. The number of hydrogen-bond acceptors (Lipinski definition) is 2. The first-order valence-corrected chi connectivity index (χ1v) is 7.12. The van der Waals surface area contributed by atoms with Gasteiger partial charge >= 0.3 is 6.18 Å². The van der Waals surface area contributed by atoms with Gasteiger partial charge < -0.3 is 10.6 Å². The first kappa shape index (κ1) is 14.4. The molecule has 6 heteroatoms. The van der Waals surface area contributed by atoms with Crippen molar-refractivity contribution in [3.63, 3.8) is 0 Å². The van der Waals surface area contributed by atoms with Gasteiger partial charge in [-0.05, 0) is 43.4 Å². The molecule has 1 aromatic rings. The summed E-state index contributed by atoms with van der Waals surface area (Å²) in [5.74, 6) is 0.328. The first-order chi connectivity index (χ1) is 9.93. The van der Waals surface area contributed by atoms with Crippen molar-refractivity contribution in [3.8, 4) is 0 Å². The number of alkyl halides is 3. The van der Waals surface area contributed by atoms with Gasteiger partial charge in [0.1, 0.15) is 5.54 Å². The zero-order valence-electron chi connectivity index (χ0n) is 11.5. The molecule has 1 aliphatic heterocycles. The van der Waals surface area contributed by atoms with Gasteiger partial charge in [0.15, 0.2) is 0 Å². The molecule has 1 saturated carbocycles. The van der Waals surface area contributed by atoms with Gasteiger partial charge in [-0.1, -0.05) is 18.2 Å². The number of carbonyl (C=O) groups is 1. The van der Waals surface area contributed by atoms with E-state index in [-0.39, 0.29) is 24.4 Å². The van der Waals surface area contributed by atoms with E-state index in [1.807, 2.05) is 0 Å². The number of hydrogen-bond donors (Lipinski definition) is 2. The summed E-state index contributed by atoms with van der Waals surface area (Å²) in [6, 6.07) is 5.49. The SMILES string of the molecule is O=C(NCCc1ccccc1C(F)(F)F)[C@]12C[C@H]1CCN2. The molecule has 0 bridgehead atoms. The van der Waals surface area contributed by atoms with E-state index in [1.165, 1.54) is 12.1 Å². The fourth-order valence-corrected chi connectivity index (χ4v) is 3.21. The van der Waals surface area contributed by atoms with Crippen LogP contribution in [0.25, 0.3) is 0 Å². The molecule has 2 fully saturated rings. The van der Waals surface area contributed by atoms with Crippen LogP contribution < -0.4 is 10.6 Å². The van der Waals surface area contributed by atoms with Crippen LogP contribution in [0.5, 0.6) is 0 Å². The Bertz CT molecular complexity index is 558. The van der Waals surface area contributed by atoms with Crippen molar-refractivity contribution in [3.05, 3.63) is 35.4 Å². The number of fused-ring (bicyclic) bond motifs is 1. The van der Waals surface area contributed by atoms with E-state index in [4.69, 9.17) is 0 Å². The molecule has 1 aliphatic carbocycles. The van der Waals surface area contributed by atoms with Crippen molar-refractivity contribution < 1.29 is 18.0 Å². The van der Waals surface area contributed by atoms with Gasteiger partial charge in [-0.2, -0.15) is 13.2 Å². The fraction of sp³-hybridized carbons (Fsp3) is 0.533. The largest absolute Gasteiger partial charge is 0.416 e. The summed E-state index contributed by atoms with van der Waals surface area (Å²) in [5, 5.41) is 5.96. The topological polar surface area (TPSA) is 41.1 Å². The molecule has 1 aromatic carbocycles. The zero-order valence-corrected chi connectivity index (χ0v) is 11.5. The summed E-state index contributed by atoms with van der Waals surface area (Å²) in [6.07, 6.45) is -2.32. The van der Waals surface area contributed by atoms with Crippen LogP contribution in [0.15, 0.2) is 24.3 Å². The van der Waals surface area contributed by atoms with Gasteiger partial charge in [-0.25, -0.2) is 0 Å². The minimum absolute atomic E-state index is 0.0745. The van der Waals surface area contributed by atoms with E-state index in [0.29, 0.717) is 5.92 Å². The maximum atomic E-state index is 12.9. The molecule has 21 heavy (non-hydrogen) atoms. The van der Waals surface area contributed by atoms with E-state index in [0.717, 1.165) is 25.5 Å². The molecule has 114 valence electrons. The first-order valence-electron chi connectivity index (χ1n) is 7.12. The third-order valence-corrected chi connectivity index (χ3v) is 4.45. The Balaban J connectivity index is 1.58. The van der Waals surface area contributed by atoms with Crippen LogP contribution in [-0.2, 0) is 17.4 Å². The molecule has 0 aromatic heterocycles. The van der Waals surface area contributed by atoms with E-state index < -0.39 is 17.3 Å². The summed E-state index contributed by atoms with van der Waals surface area (Å²) in [6.45, 7) is 1.07. The highest BCUT2D eigenvalue weighted by atomic mass is 19.4. The quantitative estimate of drug-likeness (QED) is 0.894. The van der Waals surface area contributed by atoms with Crippen molar-refractivity contribution in [2.45, 2.75) is 31.0 Å². The number of rotatable bonds is 4. The molecule has 0 spiro atoms. The maximum absolute atomic E-state index is 12.9.